The number of benzene rings is 2. The van der Waals surface area contributed by atoms with Crippen LogP contribution in [0.15, 0.2) is 59.6 Å². The molecule has 1 amide bonds. The number of pyridine rings is 1. The van der Waals surface area contributed by atoms with Gasteiger partial charge in [0.2, 0.25) is 15.9 Å². The van der Waals surface area contributed by atoms with Crippen molar-refractivity contribution in [3.63, 3.8) is 0 Å². The van der Waals surface area contributed by atoms with Gasteiger partial charge in [0.25, 0.3) is 5.91 Å². The Labute approximate surface area is 228 Å². The van der Waals surface area contributed by atoms with E-state index in [9.17, 15) is 17.6 Å². The highest BCUT2D eigenvalue weighted by molar-refractivity contribution is 7.89. The quantitative estimate of drug-likeness (QED) is 0.328. The molecule has 1 aliphatic rings. The van der Waals surface area contributed by atoms with E-state index in [1.165, 1.54) is 41.9 Å². The van der Waals surface area contributed by atoms with Gasteiger partial charge < -0.3 is 24.9 Å². The lowest BCUT2D eigenvalue weighted by molar-refractivity contribution is -0.0249. The number of primary amides is 1. The number of morpholine rings is 1. The number of nitrogens with zero attached hydrogens (tertiary/aromatic N) is 2. The molecular formula is C26H24ClFN4O6S. The van der Waals surface area contributed by atoms with Crippen molar-refractivity contribution in [2.45, 2.75) is 11.0 Å². The highest BCUT2D eigenvalue weighted by atomic mass is 35.5. The van der Waals surface area contributed by atoms with Gasteiger partial charge in [-0.1, -0.05) is 11.6 Å². The number of aromatic nitrogens is 2. The number of methoxy groups -OCH3 is 1. The first-order valence-corrected chi connectivity index (χ1v) is 13.6. The SMILES string of the molecule is COc1ccc(-c2cc(OC[C@@H]3CN(S(=O)(=O)c4c(C(N)=O)[nH]c5ccc(Cl)cc45)CCO3)ccc2F)cn1. The van der Waals surface area contributed by atoms with Gasteiger partial charge in [-0.25, -0.2) is 17.8 Å². The van der Waals surface area contributed by atoms with E-state index in [0.717, 1.165) is 0 Å². The fourth-order valence-electron chi connectivity index (χ4n) is 4.39. The number of nitrogens with two attached hydrogens (primary N) is 1. The van der Waals surface area contributed by atoms with E-state index in [4.69, 9.17) is 31.5 Å². The highest BCUT2D eigenvalue weighted by Crippen LogP contribution is 2.33. The molecule has 1 atom stereocenters. The van der Waals surface area contributed by atoms with Gasteiger partial charge in [0.15, 0.2) is 0 Å². The summed E-state index contributed by atoms with van der Waals surface area (Å²) in [7, 11) is -2.68. The molecule has 0 spiro atoms. The van der Waals surface area contributed by atoms with Gasteiger partial charge in [0.05, 0.1) is 13.7 Å². The van der Waals surface area contributed by atoms with Crippen LogP contribution in [-0.2, 0) is 14.8 Å². The first kappa shape index (κ1) is 26.9. The van der Waals surface area contributed by atoms with Gasteiger partial charge in [-0.2, -0.15) is 4.31 Å². The molecule has 0 radical (unpaired) electrons. The highest BCUT2D eigenvalue weighted by Gasteiger charge is 2.36. The summed E-state index contributed by atoms with van der Waals surface area (Å²) in [4.78, 5) is 18.8. The number of ether oxygens (including phenoxy) is 3. The number of carbonyl (C=O) groups is 1. The lowest BCUT2D eigenvalue weighted by Crippen LogP contribution is -2.47. The number of fused-ring (bicyclic) bond motifs is 1. The van der Waals surface area contributed by atoms with Crippen molar-refractivity contribution in [1.29, 1.82) is 0 Å². The van der Waals surface area contributed by atoms with Crippen molar-refractivity contribution in [3.05, 3.63) is 71.3 Å². The van der Waals surface area contributed by atoms with Crippen molar-refractivity contribution in [2.24, 2.45) is 5.73 Å². The molecule has 1 fully saturated rings. The summed E-state index contributed by atoms with van der Waals surface area (Å²) in [6.07, 6.45) is 0.863. The summed E-state index contributed by atoms with van der Waals surface area (Å²) in [5, 5.41) is 0.578. The number of sulfonamides is 1. The van der Waals surface area contributed by atoms with Crippen LogP contribution >= 0.6 is 11.6 Å². The van der Waals surface area contributed by atoms with Crippen LogP contribution in [0.1, 0.15) is 10.5 Å². The zero-order valence-electron chi connectivity index (χ0n) is 20.7. The van der Waals surface area contributed by atoms with E-state index in [1.807, 2.05) is 0 Å². The third kappa shape index (κ3) is 5.41. The number of rotatable bonds is 8. The predicted octanol–water partition coefficient (Wildman–Crippen LogP) is 3.60. The summed E-state index contributed by atoms with van der Waals surface area (Å²) in [6, 6.07) is 12.2. The van der Waals surface area contributed by atoms with Crippen LogP contribution in [-0.4, -0.2) is 68.1 Å². The monoisotopic (exact) mass is 574 g/mol. The minimum absolute atomic E-state index is 0.000342. The van der Waals surface area contributed by atoms with E-state index in [0.29, 0.717) is 27.7 Å². The average molecular weight is 575 g/mol. The molecule has 10 nitrogen and oxygen atoms in total. The number of amides is 1. The molecule has 39 heavy (non-hydrogen) atoms. The number of H-pyrrole nitrogens is 1. The summed E-state index contributed by atoms with van der Waals surface area (Å²) in [5.74, 6) is -0.593. The summed E-state index contributed by atoms with van der Waals surface area (Å²) < 4.78 is 59.8. The standard InChI is InChI=1S/C26H24ClFN4O6S/c1-36-23-7-2-15(12-30-23)19-11-17(4-5-21(19)28)38-14-18-13-32(8-9-37-18)39(34,35)25-20-10-16(27)3-6-22(20)31-24(25)26(29)33/h2-7,10-12,18,31H,8-9,13-14H2,1H3,(H2,29,33)/t18-/m0/s1. The number of hydrogen-bond acceptors (Lipinski definition) is 7. The van der Waals surface area contributed by atoms with Gasteiger partial charge >= 0.3 is 0 Å². The lowest BCUT2D eigenvalue weighted by Gasteiger charge is -2.32. The Balaban J connectivity index is 1.34. The summed E-state index contributed by atoms with van der Waals surface area (Å²) >= 11 is 6.10. The second-order valence-electron chi connectivity index (χ2n) is 8.78. The Kier molecular flexibility index (Phi) is 7.45. The topological polar surface area (TPSA) is 137 Å². The van der Waals surface area contributed by atoms with Crippen LogP contribution < -0.4 is 15.2 Å². The maximum Gasteiger partial charge on any atom is 0.266 e. The molecule has 0 unspecified atom stereocenters. The fourth-order valence-corrected chi connectivity index (χ4v) is 6.35. The van der Waals surface area contributed by atoms with Gasteiger partial charge in [-0.15, -0.1) is 0 Å². The molecule has 1 saturated heterocycles. The number of carbonyl (C=O) groups excluding carboxylic acids is 1. The Morgan fingerprint density at radius 3 is 2.79 bits per heavy atom. The Morgan fingerprint density at radius 1 is 1.26 bits per heavy atom. The maximum absolute atomic E-state index is 14.5. The molecular weight excluding hydrogens is 551 g/mol. The molecule has 1 aliphatic heterocycles. The molecule has 3 N–H and O–H groups in total. The smallest absolute Gasteiger partial charge is 0.266 e. The molecule has 5 rings (SSSR count). The molecule has 13 heteroatoms. The number of nitrogens with one attached hydrogen (secondary N) is 1. The van der Waals surface area contributed by atoms with E-state index >= 15 is 0 Å². The predicted molar refractivity (Wildman–Crippen MR) is 142 cm³/mol. The second kappa shape index (κ2) is 10.8. The average Bonchev–Trinajstić information content (AvgIpc) is 3.33. The molecule has 3 heterocycles. The minimum Gasteiger partial charge on any atom is -0.491 e. The van der Waals surface area contributed by atoms with E-state index in [2.05, 4.69) is 9.97 Å². The second-order valence-corrected chi connectivity index (χ2v) is 11.1. The third-order valence-electron chi connectivity index (χ3n) is 6.29. The minimum atomic E-state index is -4.17. The Morgan fingerprint density at radius 2 is 2.08 bits per heavy atom. The van der Waals surface area contributed by atoms with Gasteiger partial charge in [-0.3, -0.25) is 4.79 Å². The molecule has 0 bridgehead atoms. The van der Waals surface area contributed by atoms with Crippen LogP contribution in [0.3, 0.4) is 0 Å². The molecule has 204 valence electrons. The van der Waals surface area contributed by atoms with Crippen LogP contribution in [0, 0.1) is 5.82 Å². The lowest BCUT2D eigenvalue weighted by atomic mass is 10.1. The van der Waals surface area contributed by atoms with E-state index < -0.39 is 27.9 Å². The number of halogens is 2. The number of hydrogen-bond donors (Lipinski definition) is 2. The normalized spacial score (nSPS) is 16.3. The van der Waals surface area contributed by atoms with Gasteiger partial charge in [0, 0.05) is 52.4 Å². The maximum atomic E-state index is 14.5. The van der Waals surface area contributed by atoms with E-state index in [-0.39, 0.29) is 47.8 Å². The van der Waals surface area contributed by atoms with Crippen LogP contribution in [0.4, 0.5) is 4.39 Å². The number of aromatic amines is 1. The van der Waals surface area contributed by atoms with Gasteiger partial charge in [0.1, 0.15) is 34.9 Å². The molecule has 0 saturated carbocycles. The molecule has 2 aromatic heterocycles. The van der Waals surface area contributed by atoms with Crippen molar-refractivity contribution >= 4 is 38.4 Å². The van der Waals surface area contributed by atoms with Crippen molar-refractivity contribution < 1.29 is 31.8 Å². The third-order valence-corrected chi connectivity index (χ3v) is 8.48. The molecule has 2 aromatic carbocycles. The summed E-state index contributed by atoms with van der Waals surface area (Å²) in [5.41, 5.74) is 6.51. The molecule has 4 aromatic rings. The Hall–Kier alpha value is -3.71. The van der Waals surface area contributed by atoms with E-state index in [1.54, 1.807) is 24.3 Å². The summed E-state index contributed by atoms with van der Waals surface area (Å²) in [6.45, 7) is 0.133. The van der Waals surface area contributed by atoms with Gasteiger partial charge in [-0.05, 0) is 42.5 Å². The van der Waals surface area contributed by atoms with Crippen LogP contribution in [0.5, 0.6) is 11.6 Å². The first-order valence-electron chi connectivity index (χ1n) is 11.8. The Bertz CT molecular complexity index is 1640. The van der Waals surface area contributed by atoms with Crippen LogP contribution in [0.25, 0.3) is 22.0 Å². The van der Waals surface area contributed by atoms with Crippen LogP contribution in [0.2, 0.25) is 5.02 Å². The molecule has 0 aliphatic carbocycles. The zero-order valence-corrected chi connectivity index (χ0v) is 22.3. The van der Waals surface area contributed by atoms with Crippen molar-refractivity contribution in [3.8, 4) is 22.8 Å². The van der Waals surface area contributed by atoms with Crippen molar-refractivity contribution in [2.75, 3.05) is 33.4 Å². The first-order chi connectivity index (χ1) is 18.7. The largest absolute Gasteiger partial charge is 0.491 e. The zero-order chi connectivity index (χ0) is 27.7. The van der Waals surface area contributed by atoms with Crippen molar-refractivity contribution in [1.82, 2.24) is 14.3 Å². The fraction of sp³-hybridized carbons (Fsp3) is 0.231.